The Kier molecular flexibility index (Phi) is 6.01. The second kappa shape index (κ2) is 8.43. The zero-order chi connectivity index (χ0) is 19.4. The first kappa shape index (κ1) is 19.2. The van der Waals surface area contributed by atoms with E-state index in [4.69, 9.17) is 14.2 Å². The summed E-state index contributed by atoms with van der Waals surface area (Å²) in [6, 6.07) is 5.47. The van der Waals surface area contributed by atoms with Crippen LogP contribution in [0.3, 0.4) is 0 Å². The van der Waals surface area contributed by atoms with Crippen LogP contribution in [0.25, 0.3) is 0 Å². The van der Waals surface area contributed by atoms with Gasteiger partial charge in [-0.15, -0.1) is 11.3 Å². The van der Waals surface area contributed by atoms with Gasteiger partial charge in [0.1, 0.15) is 17.2 Å². The average molecular weight is 388 g/mol. The molecule has 1 N–H and O–H groups in total. The molecule has 0 aliphatic heterocycles. The molecular formula is C20H24N2O4S. The van der Waals surface area contributed by atoms with E-state index in [-0.39, 0.29) is 5.91 Å². The number of nitrogens with one attached hydrogen (secondary N) is 1. The van der Waals surface area contributed by atoms with Gasteiger partial charge in [0.25, 0.3) is 5.91 Å². The summed E-state index contributed by atoms with van der Waals surface area (Å²) in [5.74, 6) is 2.18. The van der Waals surface area contributed by atoms with Crippen LogP contribution in [0.2, 0.25) is 0 Å². The molecule has 0 fully saturated rings. The first-order valence-corrected chi connectivity index (χ1v) is 9.62. The minimum Gasteiger partial charge on any atom is -0.496 e. The summed E-state index contributed by atoms with van der Waals surface area (Å²) in [6.07, 6.45) is 4.80. The van der Waals surface area contributed by atoms with E-state index >= 15 is 0 Å². The van der Waals surface area contributed by atoms with Crippen molar-refractivity contribution in [1.29, 1.82) is 0 Å². The van der Waals surface area contributed by atoms with Crippen molar-refractivity contribution in [2.45, 2.75) is 26.2 Å². The summed E-state index contributed by atoms with van der Waals surface area (Å²) in [5, 5.41) is 4.09. The molecule has 0 bridgehead atoms. The number of amides is 1. The van der Waals surface area contributed by atoms with E-state index in [1.54, 1.807) is 44.8 Å². The molecular weight excluding hydrogens is 364 g/mol. The van der Waals surface area contributed by atoms with Crippen LogP contribution in [0.5, 0.6) is 17.2 Å². The van der Waals surface area contributed by atoms with Crippen molar-refractivity contribution < 1.29 is 19.0 Å². The Hall–Kier alpha value is -2.54. The number of nitrogens with zero attached hydrogens (tertiary/aromatic N) is 1. The quantitative estimate of drug-likeness (QED) is 0.606. The predicted molar refractivity (Wildman–Crippen MR) is 107 cm³/mol. The Balaban J connectivity index is 1.75. The van der Waals surface area contributed by atoms with Crippen molar-refractivity contribution >= 4 is 23.5 Å². The van der Waals surface area contributed by atoms with Crippen molar-refractivity contribution in [3.8, 4) is 17.2 Å². The molecule has 27 heavy (non-hydrogen) atoms. The average Bonchev–Trinajstić information content (AvgIpc) is 3.10. The maximum Gasteiger partial charge on any atom is 0.281 e. The van der Waals surface area contributed by atoms with Gasteiger partial charge >= 0.3 is 0 Å². The molecule has 1 amide bonds. The fraction of sp³-hybridized carbons (Fsp3) is 0.400. The Morgan fingerprint density at radius 3 is 2.52 bits per heavy atom. The molecule has 2 aromatic rings. The van der Waals surface area contributed by atoms with Gasteiger partial charge in [-0.05, 0) is 36.8 Å². The number of ether oxygens (including phenoxy) is 3. The van der Waals surface area contributed by atoms with Crippen LogP contribution < -0.4 is 19.6 Å². The highest BCUT2D eigenvalue weighted by atomic mass is 32.1. The topological polar surface area (TPSA) is 69.2 Å². The Labute approximate surface area is 163 Å². The number of rotatable bonds is 6. The number of hydrogen-bond donors (Lipinski definition) is 1. The van der Waals surface area contributed by atoms with Crippen molar-refractivity contribution in [3.05, 3.63) is 39.1 Å². The summed E-state index contributed by atoms with van der Waals surface area (Å²) in [4.78, 5) is 14.5. The number of hydrazone groups is 1. The summed E-state index contributed by atoms with van der Waals surface area (Å²) in [6.45, 7) is 2.25. The lowest BCUT2D eigenvalue weighted by Gasteiger charge is -2.16. The second-order valence-electron chi connectivity index (χ2n) is 6.55. The highest BCUT2D eigenvalue weighted by Gasteiger charge is 2.20. The Morgan fingerprint density at radius 2 is 1.89 bits per heavy atom. The van der Waals surface area contributed by atoms with E-state index in [1.165, 1.54) is 23.1 Å². The van der Waals surface area contributed by atoms with Crippen LogP contribution in [0.1, 0.15) is 39.0 Å². The van der Waals surface area contributed by atoms with Crippen LogP contribution in [-0.4, -0.2) is 33.5 Å². The van der Waals surface area contributed by atoms with E-state index in [0.29, 0.717) is 33.6 Å². The third-order valence-electron chi connectivity index (χ3n) is 4.67. The summed E-state index contributed by atoms with van der Waals surface area (Å²) in [7, 11) is 4.69. The molecule has 1 aromatic heterocycles. The molecule has 0 unspecified atom stereocenters. The van der Waals surface area contributed by atoms with E-state index < -0.39 is 0 Å². The zero-order valence-electron chi connectivity index (χ0n) is 16.0. The maximum absolute atomic E-state index is 12.4. The van der Waals surface area contributed by atoms with Gasteiger partial charge in [-0.2, -0.15) is 5.10 Å². The van der Waals surface area contributed by atoms with Crippen LogP contribution >= 0.6 is 11.3 Å². The van der Waals surface area contributed by atoms with Crippen molar-refractivity contribution in [2.75, 3.05) is 21.3 Å². The fourth-order valence-electron chi connectivity index (χ4n) is 3.19. The number of thiophene rings is 1. The molecule has 0 radical (unpaired) electrons. The minimum absolute atomic E-state index is 0.204. The van der Waals surface area contributed by atoms with Gasteiger partial charge in [0.2, 0.25) is 0 Å². The van der Waals surface area contributed by atoms with Gasteiger partial charge in [0.15, 0.2) is 0 Å². The zero-order valence-corrected chi connectivity index (χ0v) is 16.8. The van der Waals surface area contributed by atoms with Crippen LogP contribution in [-0.2, 0) is 12.8 Å². The van der Waals surface area contributed by atoms with Gasteiger partial charge in [0.05, 0.1) is 38.0 Å². The molecule has 0 saturated heterocycles. The lowest BCUT2D eigenvalue weighted by Crippen LogP contribution is -2.16. The number of fused-ring (bicyclic) bond motifs is 1. The van der Waals surface area contributed by atoms with Crippen molar-refractivity contribution in [1.82, 2.24) is 5.43 Å². The third-order valence-corrected chi connectivity index (χ3v) is 5.90. The van der Waals surface area contributed by atoms with Crippen molar-refractivity contribution in [3.63, 3.8) is 0 Å². The molecule has 1 aliphatic rings. The largest absolute Gasteiger partial charge is 0.496 e. The molecule has 6 nitrogen and oxygen atoms in total. The summed E-state index contributed by atoms with van der Waals surface area (Å²) < 4.78 is 16.0. The number of methoxy groups -OCH3 is 3. The van der Waals surface area contributed by atoms with Crippen molar-refractivity contribution in [2.24, 2.45) is 11.0 Å². The molecule has 1 heterocycles. The molecule has 3 rings (SSSR count). The lowest BCUT2D eigenvalue weighted by atomic mass is 9.90. The fourth-order valence-corrected chi connectivity index (χ4v) is 4.29. The first-order chi connectivity index (χ1) is 13.0. The van der Waals surface area contributed by atoms with E-state index in [1.807, 2.05) is 6.07 Å². The Bertz CT molecular complexity index is 835. The maximum atomic E-state index is 12.4. The molecule has 1 atom stereocenters. The number of hydrogen-bond acceptors (Lipinski definition) is 6. The standard InChI is InChI=1S/C20H24N2O4S/c1-12-5-6-18-13(7-12)8-19(27-18)20(23)22-21-11-15-16(25-3)9-14(24-2)10-17(15)26-4/h8-12H,5-7H2,1-4H3,(H,22,23)/b21-11-/t12-/m0/s1. The van der Waals surface area contributed by atoms with E-state index in [9.17, 15) is 4.79 Å². The number of carbonyl (C=O) groups excluding carboxylic acids is 1. The summed E-state index contributed by atoms with van der Waals surface area (Å²) in [5.41, 5.74) is 4.52. The van der Waals surface area contributed by atoms with Crippen LogP contribution in [0.15, 0.2) is 23.3 Å². The SMILES string of the molecule is COc1cc(OC)c(/C=N\NC(=O)c2cc3c(s2)CC[C@H](C)C3)c(OC)c1. The van der Waals surface area contributed by atoms with E-state index in [0.717, 1.165) is 12.8 Å². The lowest BCUT2D eigenvalue weighted by molar-refractivity contribution is 0.0959. The monoisotopic (exact) mass is 388 g/mol. The van der Waals surface area contributed by atoms with E-state index in [2.05, 4.69) is 17.5 Å². The molecule has 144 valence electrons. The number of benzene rings is 1. The smallest absolute Gasteiger partial charge is 0.281 e. The van der Waals surface area contributed by atoms with Crippen LogP contribution in [0.4, 0.5) is 0 Å². The molecule has 7 heteroatoms. The number of aryl methyl sites for hydroxylation is 1. The highest BCUT2D eigenvalue weighted by molar-refractivity contribution is 7.14. The molecule has 1 aromatic carbocycles. The predicted octanol–water partition coefficient (Wildman–Crippen LogP) is 3.66. The van der Waals surface area contributed by atoms with Crippen LogP contribution in [0, 0.1) is 5.92 Å². The molecule has 1 aliphatic carbocycles. The second-order valence-corrected chi connectivity index (χ2v) is 7.69. The van der Waals surface area contributed by atoms with Gasteiger partial charge < -0.3 is 14.2 Å². The Morgan fingerprint density at radius 1 is 1.19 bits per heavy atom. The first-order valence-electron chi connectivity index (χ1n) is 8.80. The third kappa shape index (κ3) is 4.24. The van der Waals surface area contributed by atoms with Gasteiger partial charge in [-0.3, -0.25) is 4.79 Å². The van der Waals surface area contributed by atoms with Gasteiger partial charge in [-0.1, -0.05) is 6.92 Å². The normalized spacial score (nSPS) is 16.1. The molecule has 0 spiro atoms. The number of carbonyl (C=O) groups is 1. The summed E-state index contributed by atoms with van der Waals surface area (Å²) >= 11 is 1.56. The van der Waals surface area contributed by atoms with Gasteiger partial charge in [0, 0.05) is 17.0 Å². The van der Waals surface area contributed by atoms with Gasteiger partial charge in [-0.25, -0.2) is 5.43 Å². The highest BCUT2D eigenvalue weighted by Crippen LogP contribution is 2.33. The molecule has 0 saturated carbocycles. The minimum atomic E-state index is -0.204.